The van der Waals surface area contributed by atoms with Crippen molar-refractivity contribution in [3.63, 3.8) is 0 Å². The summed E-state index contributed by atoms with van der Waals surface area (Å²) in [6.45, 7) is 4.18. The Bertz CT molecular complexity index is 1360. The smallest absolute Gasteiger partial charge is 0.810 e. The predicted molar refractivity (Wildman–Crippen MR) is 120 cm³/mol. The van der Waals surface area contributed by atoms with E-state index < -0.39 is 14.6 Å². The van der Waals surface area contributed by atoms with Gasteiger partial charge >= 0.3 is 29.6 Å². The van der Waals surface area contributed by atoms with Crippen molar-refractivity contribution in [1.29, 1.82) is 0 Å². The molecule has 1 unspecified atom stereocenters. The number of hydrogen-bond donors (Lipinski definition) is 0. The first-order valence-corrected chi connectivity index (χ1v) is 11.3. The van der Waals surface area contributed by atoms with Crippen LogP contribution in [0.25, 0.3) is 22.3 Å². The first-order chi connectivity index (χ1) is 16.0. The molecule has 5 rings (SSSR count). The van der Waals surface area contributed by atoms with E-state index in [-0.39, 0.29) is 54.9 Å². The number of carbonyl (C=O) groups excluding carboxylic acids is 1. The molecule has 11 heteroatoms. The Morgan fingerprint density at radius 3 is 2.79 bits per heavy atom. The molecule has 1 aromatic carbocycles. The third-order valence-corrected chi connectivity index (χ3v) is 6.89. The number of methoxy groups -OCH3 is 1. The quantitative estimate of drug-likeness (QED) is 0.189. The van der Waals surface area contributed by atoms with E-state index in [0.29, 0.717) is 52.4 Å². The summed E-state index contributed by atoms with van der Waals surface area (Å²) in [4.78, 5) is 41.9. The Morgan fingerprint density at radius 2 is 2.12 bits per heavy atom. The Hall–Kier alpha value is -1.84. The Kier molecular flexibility index (Phi) is 7.18. The zero-order valence-corrected chi connectivity index (χ0v) is 22.4. The van der Waals surface area contributed by atoms with Gasteiger partial charge in [0.1, 0.15) is 0 Å². The van der Waals surface area contributed by atoms with Gasteiger partial charge in [-0.2, -0.15) is 0 Å². The van der Waals surface area contributed by atoms with Crippen molar-refractivity contribution in [2.75, 3.05) is 13.9 Å². The molecule has 0 N–H and O–H groups in total. The number of carbonyl (C=O) groups is 1. The summed E-state index contributed by atoms with van der Waals surface area (Å²) in [5.74, 6) is 1.34. The van der Waals surface area contributed by atoms with E-state index in [1.54, 1.807) is 17.6 Å². The molecule has 0 saturated heterocycles. The topological polar surface area (TPSA) is 112 Å². The average molecular weight is 492 g/mol. The molecule has 0 aliphatic carbocycles. The number of nitrogens with zero attached hydrogens (tertiary/aromatic N) is 2. The number of ether oxygens (including phenoxy) is 3. The fourth-order valence-electron chi connectivity index (χ4n) is 4.69. The second-order valence-electron chi connectivity index (χ2n) is 8.09. The maximum Gasteiger partial charge on any atom is 1.00 e. The Balaban J connectivity index is 0.00000274. The van der Waals surface area contributed by atoms with Crippen LogP contribution in [0.15, 0.2) is 23.0 Å². The molecule has 0 bridgehead atoms. The van der Waals surface area contributed by atoms with Gasteiger partial charge in [-0.1, -0.05) is 16.0 Å². The number of pyridine rings is 2. The predicted octanol–water partition coefficient (Wildman–Crippen LogP) is -0.698. The van der Waals surface area contributed by atoms with E-state index in [4.69, 9.17) is 23.7 Å². The van der Waals surface area contributed by atoms with Crippen molar-refractivity contribution in [2.45, 2.75) is 39.0 Å². The molecule has 0 amide bonds. The summed E-state index contributed by atoms with van der Waals surface area (Å²) in [6, 6.07) is 5.58. The van der Waals surface area contributed by atoms with Crippen LogP contribution in [0.4, 0.5) is 0 Å². The van der Waals surface area contributed by atoms with E-state index in [0.717, 1.165) is 16.5 Å². The number of hydrogen-bond acceptors (Lipinski definition) is 8. The maximum atomic E-state index is 13.5. The van der Waals surface area contributed by atoms with Gasteiger partial charge in [-0.25, -0.2) is 4.98 Å². The van der Waals surface area contributed by atoms with Gasteiger partial charge in [0.2, 0.25) is 6.79 Å². The molecule has 2 aromatic heterocycles. The summed E-state index contributed by atoms with van der Waals surface area (Å²) in [5, 5.41) is 0.919. The normalized spacial score (nSPS) is 15.3. The average Bonchev–Trinajstić information content (AvgIpc) is 3.43. The standard InChI is InChI=1S/C23H22N2O7P.Na/c1-4-23(10-26,32-33-28)16-6-18-20-13(8-25(18)22(27)15(16)9-29-3)5-14-12(2)21-19(30-11-31-21)7-17(14)24-20;/h5-7,10,33H,4,8-9,11H2,1-3H3;/q-1;+1/t23-;/m1./s1. The molecule has 3 aromatic rings. The van der Waals surface area contributed by atoms with Crippen molar-refractivity contribution in [3.8, 4) is 22.9 Å². The molecule has 0 fully saturated rings. The van der Waals surface area contributed by atoms with Crippen molar-refractivity contribution in [1.82, 2.24) is 9.55 Å². The third kappa shape index (κ3) is 3.71. The summed E-state index contributed by atoms with van der Waals surface area (Å²) in [6.07, 6.45) is 0.794. The Labute approximate surface area is 219 Å². The summed E-state index contributed by atoms with van der Waals surface area (Å²) < 4.78 is 23.4. The van der Waals surface area contributed by atoms with Crippen molar-refractivity contribution >= 4 is 26.2 Å². The molecule has 2 aliphatic rings. The van der Waals surface area contributed by atoms with Crippen LogP contribution in [-0.4, -0.2) is 29.7 Å². The number of benzene rings is 1. The van der Waals surface area contributed by atoms with Crippen LogP contribution in [0, 0.1) is 6.92 Å². The molecule has 0 saturated carbocycles. The molecule has 0 spiro atoms. The van der Waals surface area contributed by atoms with Crippen LogP contribution in [0.3, 0.4) is 0 Å². The molecule has 2 atom stereocenters. The minimum Gasteiger partial charge on any atom is -0.810 e. The van der Waals surface area contributed by atoms with Crippen LogP contribution in [0.1, 0.15) is 35.6 Å². The molecular weight excluding hydrogens is 470 g/mol. The van der Waals surface area contributed by atoms with Gasteiger partial charge in [0.25, 0.3) is 5.56 Å². The van der Waals surface area contributed by atoms with Gasteiger partial charge in [-0.15, -0.1) is 0 Å². The third-order valence-electron chi connectivity index (χ3n) is 6.44. The van der Waals surface area contributed by atoms with Gasteiger partial charge < -0.3 is 28.2 Å². The number of aldehydes is 1. The number of fused-ring (bicyclic) bond motifs is 5. The molecule has 34 heavy (non-hydrogen) atoms. The zero-order chi connectivity index (χ0) is 23.3. The summed E-state index contributed by atoms with van der Waals surface area (Å²) in [5.41, 5.74) is 2.55. The van der Waals surface area contributed by atoms with Gasteiger partial charge in [-0.3, -0.25) is 9.59 Å². The molecule has 2 aliphatic heterocycles. The SMILES string of the molecule is CC[C@](C=O)(OP[O-])c1cc2n(c(=O)c1COC)Cc1cc3c(C)c4c(cc3nc1-2)OCO4.[Na+]. The second-order valence-corrected chi connectivity index (χ2v) is 8.46. The van der Waals surface area contributed by atoms with Gasteiger partial charge in [0.15, 0.2) is 23.4 Å². The molecule has 4 heterocycles. The first-order valence-electron chi connectivity index (χ1n) is 10.5. The number of aryl methyl sites for hydroxylation is 1. The monoisotopic (exact) mass is 492 g/mol. The zero-order valence-electron chi connectivity index (χ0n) is 19.4. The van der Waals surface area contributed by atoms with Crippen molar-refractivity contribution < 1.29 is 58.0 Å². The van der Waals surface area contributed by atoms with E-state index in [1.807, 2.05) is 19.1 Å². The molecule has 0 radical (unpaired) electrons. The van der Waals surface area contributed by atoms with E-state index in [1.165, 1.54) is 7.11 Å². The summed E-state index contributed by atoms with van der Waals surface area (Å²) in [7, 11) is 0.307. The first kappa shape index (κ1) is 25.3. The number of rotatable bonds is 7. The van der Waals surface area contributed by atoms with Crippen LogP contribution in [0.2, 0.25) is 0 Å². The summed E-state index contributed by atoms with van der Waals surface area (Å²) >= 11 is 0. The van der Waals surface area contributed by atoms with Gasteiger partial charge in [0.05, 0.1) is 30.1 Å². The molecular formula is C23H22N2NaO7P. The van der Waals surface area contributed by atoms with Crippen molar-refractivity contribution in [2.24, 2.45) is 0 Å². The van der Waals surface area contributed by atoms with Gasteiger partial charge in [0, 0.05) is 40.8 Å². The minimum atomic E-state index is -1.52. The second kappa shape index (κ2) is 9.66. The molecule has 172 valence electrons. The van der Waals surface area contributed by atoms with Gasteiger partial charge in [-0.05, 0) is 25.5 Å². The van der Waals surface area contributed by atoms with E-state index in [9.17, 15) is 14.5 Å². The fraction of sp³-hybridized carbons (Fsp3) is 0.348. The van der Waals surface area contributed by atoms with E-state index in [2.05, 4.69) is 0 Å². The van der Waals surface area contributed by atoms with Crippen LogP contribution in [-0.2, 0) is 32.8 Å². The van der Waals surface area contributed by atoms with Crippen LogP contribution in [0.5, 0.6) is 11.5 Å². The fourth-order valence-corrected chi connectivity index (χ4v) is 5.15. The minimum absolute atomic E-state index is 0. The van der Waals surface area contributed by atoms with E-state index >= 15 is 0 Å². The largest absolute Gasteiger partial charge is 1.00 e. The van der Waals surface area contributed by atoms with Crippen LogP contribution >= 0.6 is 9.03 Å². The Morgan fingerprint density at radius 1 is 1.32 bits per heavy atom. The van der Waals surface area contributed by atoms with Crippen LogP contribution < -0.4 is 49.5 Å². The maximum absolute atomic E-state index is 13.5. The number of aromatic nitrogens is 2. The molecule has 9 nitrogen and oxygen atoms in total. The van der Waals surface area contributed by atoms with Crippen molar-refractivity contribution in [3.05, 3.63) is 50.8 Å².